The first-order valence-corrected chi connectivity index (χ1v) is 5.30. The van der Waals surface area contributed by atoms with E-state index < -0.39 is 11.6 Å². The Morgan fingerprint density at radius 2 is 2.12 bits per heavy atom. The SMILES string of the molecule is Nc1ncc(F)cc1C(=O)c1ncncc1Br. The highest BCUT2D eigenvalue weighted by atomic mass is 79.9. The molecule has 2 aromatic heterocycles. The zero-order valence-corrected chi connectivity index (χ0v) is 9.98. The van der Waals surface area contributed by atoms with Gasteiger partial charge in [0.15, 0.2) is 0 Å². The minimum absolute atomic E-state index is 0.0237. The second-order valence-corrected chi connectivity index (χ2v) is 3.99. The molecule has 2 heterocycles. The first kappa shape index (κ1) is 11.6. The Morgan fingerprint density at radius 1 is 1.35 bits per heavy atom. The quantitative estimate of drug-likeness (QED) is 0.851. The number of rotatable bonds is 2. The third-order valence-corrected chi connectivity index (χ3v) is 2.59. The molecule has 0 aliphatic carbocycles. The molecular formula is C10H6BrFN4O. The van der Waals surface area contributed by atoms with Crippen LogP contribution in [0, 0.1) is 5.82 Å². The van der Waals surface area contributed by atoms with Gasteiger partial charge in [0, 0.05) is 6.20 Å². The molecule has 0 aliphatic rings. The molecule has 2 rings (SSSR count). The van der Waals surface area contributed by atoms with E-state index in [1.54, 1.807) is 0 Å². The number of hydrogen-bond donors (Lipinski definition) is 1. The van der Waals surface area contributed by atoms with Crippen molar-refractivity contribution in [1.82, 2.24) is 15.0 Å². The molecule has 0 amide bonds. The minimum atomic E-state index is -0.632. The van der Waals surface area contributed by atoms with Crippen LogP contribution >= 0.6 is 15.9 Å². The molecular weight excluding hydrogens is 291 g/mol. The minimum Gasteiger partial charge on any atom is -0.383 e. The fraction of sp³-hybridized carbons (Fsp3) is 0. The summed E-state index contributed by atoms with van der Waals surface area (Å²) < 4.78 is 13.4. The van der Waals surface area contributed by atoms with Gasteiger partial charge >= 0.3 is 0 Å². The van der Waals surface area contributed by atoms with Gasteiger partial charge in [0.1, 0.15) is 23.7 Å². The van der Waals surface area contributed by atoms with Crippen LogP contribution in [0.1, 0.15) is 16.1 Å². The highest BCUT2D eigenvalue weighted by molar-refractivity contribution is 9.10. The third kappa shape index (κ3) is 2.28. The van der Waals surface area contributed by atoms with Crippen LogP contribution in [0.25, 0.3) is 0 Å². The van der Waals surface area contributed by atoms with Crippen molar-refractivity contribution in [2.45, 2.75) is 0 Å². The van der Waals surface area contributed by atoms with Crippen molar-refractivity contribution >= 4 is 27.5 Å². The van der Waals surface area contributed by atoms with E-state index in [0.29, 0.717) is 4.47 Å². The van der Waals surface area contributed by atoms with Crippen LogP contribution in [0.3, 0.4) is 0 Å². The van der Waals surface area contributed by atoms with Gasteiger partial charge in [-0.15, -0.1) is 0 Å². The van der Waals surface area contributed by atoms with E-state index in [0.717, 1.165) is 12.3 Å². The molecule has 2 aromatic rings. The molecule has 17 heavy (non-hydrogen) atoms. The molecule has 0 atom stereocenters. The van der Waals surface area contributed by atoms with Gasteiger partial charge < -0.3 is 5.73 Å². The fourth-order valence-corrected chi connectivity index (χ4v) is 1.64. The van der Waals surface area contributed by atoms with Gasteiger partial charge in [-0.3, -0.25) is 4.79 Å². The predicted octanol–water partition coefficient (Wildman–Crippen LogP) is 1.59. The summed E-state index contributed by atoms with van der Waals surface area (Å²) in [5.74, 6) is -1.18. The van der Waals surface area contributed by atoms with E-state index in [1.807, 2.05) is 0 Å². The largest absolute Gasteiger partial charge is 0.383 e. The standard InChI is InChI=1S/C10H6BrFN4O/c11-7-3-14-4-16-8(7)9(17)6-1-5(12)2-15-10(6)13/h1-4H,(H2,13,15). The monoisotopic (exact) mass is 296 g/mol. The first-order valence-electron chi connectivity index (χ1n) is 4.51. The summed E-state index contributed by atoms with van der Waals surface area (Å²) in [7, 11) is 0. The van der Waals surface area contributed by atoms with Crippen LogP contribution in [0.2, 0.25) is 0 Å². The number of nitrogen functional groups attached to an aromatic ring is 1. The molecule has 0 radical (unpaired) electrons. The Hall–Kier alpha value is -1.89. The number of pyridine rings is 1. The Morgan fingerprint density at radius 3 is 2.82 bits per heavy atom. The molecule has 86 valence electrons. The van der Waals surface area contributed by atoms with Gasteiger partial charge in [0.05, 0.1) is 16.2 Å². The number of halogens is 2. The Labute approximate surface area is 104 Å². The van der Waals surface area contributed by atoms with Gasteiger partial charge in [-0.25, -0.2) is 19.3 Å². The molecule has 0 aromatic carbocycles. The fourth-order valence-electron chi connectivity index (χ4n) is 1.24. The molecule has 7 heteroatoms. The molecule has 0 aliphatic heterocycles. The van der Waals surface area contributed by atoms with Crippen LogP contribution in [-0.2, 0) is 0 Å². The lowest BCUT2D eigenvalue weighted by molar-refractivity contribution is 0.103. The molecule has 0 bridgehead atoms. The third-order valence-electron chi connectivity index (χ3n) is 2.01. The summed E-state index contributed by atoms with van der Waals surface area (Å²) in [6, 6.07) is 1.03. The van der Waals surface area contributed by atoms with Crippen molar-refractivity contribution in [3.05, 3.63) is 46.3 Å². The van der Waals surface area contributed by atoms with Crippen LogP contribution in [0.5, 0.6) is 0 Å². The molecule has 0 unspecified atom stereocenters. The van der Waals surface area contributed by atoms with Crippen LogP contribution in [0.15, 0.2) is 29.3 Å². The normalized spacial score (nSPS) is 10.2. The van der Waals surface area contributed by atoms with Gasteiger partial charge in [-0.2, -0.15) is 0 Å². The molecule has 0 saturated carbocycles. The van der Waals surface area contributed by atoms with Crippen LogP contribution in [0.4, 0.5) is 10.2 Å². The maximum Gasteiger partial charge on any atom is 0.216 e. The Kier molecular flexibility index (Phi) is 3.10. The van der Waals surface area contributed by atoms with E-state index in [4.69, 9.17) is 5.73 Å². The second kappa shape index (κ2) is 4.54. The lowest BCUT2D eigenvalue weighted by Crippen LogP contribution is -2.10. The van der Waals surface area contributed by atoms with Crippen LogP contribution < -0.4 is 5.73 Å². The van der Waals surface area contributed by atoms with Crippen molar-refractivity contribution in [3.8, 4) is 0 Å². The predicted molar refractivity (Wildman–Crippen MR) is 61.8 cm³/mol. The van der Waals surface area contributed by atoms with Gasteiger partial charge in [-0.05, 0) is 22.0 Å². The van der Waals surface area contributed by atoms with Crippen molar-refractivity contribution in [1.29, 1.82) is 0 Å². The number of ketones is 1. The highest BCUT2D eigenvalue weighted by Gasteiger charge is 2.18. The number of aromatic nitrogens is 3. The first-order chi connectivity index (χ1) is 8.09. The summed E-state index contributed by atoms with van der Waals surface area (Å²) in [6.07, 6.45) is 3.59. The van der Waals surface area contributed by atoms with E-state index in [1.165, 1.54) is 12.5 Å². The van der Waals surface area contributed by atoms with Gasteiger partial charge in [0.2, 0.25) is 5.78 Å². The Balaban J connectivity index is 2.51. The number of nitrogens with zero attached hydrogens (tertiary/aromatic N) is 3. The van der Waals surface area contributed by atoms with Crippen molar-refractivity contribution in [2.75, 3.05) is 5.73 Å². The van der Waals surface area contributed by atoms with Gasteiger partial charge in [-0.1, -0.05) is 0 Å². The zero-order chi connectivity index (χ0) is 12.4. The maximum atomic E-state index is 13.0. The molecule has 0 spiro atoms. The zero-order valence-electron chi connectivity index (χ0n) is 8.39. The second-order valence-electron chi connectivity index (χ2n) is 3.13. The van der Waals surface area contributed by atoms with Crippen molar-refractivity contribution in [2.24, 2.45) is 0 Å². The number of carbonyl (C=O) groups excluding carboxylic acids is 1. The summed E-state index contributed by atoms with van der Waals surface area (Å²) in [5.41, 5.74) is 5.61. The van der Waals surface area contributed by atoms with E-state index in [2.05, 4.69) is 30.9 Å². The lowest BCUT2D eigenvalue weighted by atomic mass is 10.1. The smallest absolute Gasteiger partial charge is 0.216 e. The van der Waals surface area contributed by atoms with Crippen molar-refractivity contribution < 1.29 is 9.18 Å². The average molecular weight is 297 g/mol. The summed E-state index contributed by atoms with van der Waals surface area (Å²) in [6.45, 7) is 0. The van der Waals surface area contributed by atoms with Gasteiger partial charge in [0.25, 0.3) is 0 Å². The molecule has 2 N–H and O–H groups in total. The summed E-state index contributed by atoms with van der Waals surface area (Å²) in [5, 5.41) is 0. The number of carbonyl (C=O) groups is 1. The number of hydrogen-bond acceptors (Lipinski definition) is 5. The number of nitrogens with two attached hydrogens (primary N) is 1. The molecule has 0 fully saturated rings. The molecule has 0 saturated heterocycles. The highest BCUT2D eigenvalue weighted by Crippen LogP contribution is 2.19. The Bertz CT molecular complexity index is 590. The van der Waals surface area contributed by atoms with E-state index >= 15 is 0 Å². The maximum absolute atomic E-state index is 13.0. The summed E-state index contributed by atoms with van der Waals surface area (Å²) in [4.78, 5) is 23.2. The molecule has 5 nitrogen and oxygen atoms in total. The average Bonchev–Trinajstić information content (AvgIpc) is 2.32. The summed E-state index contributed by atoms with van der Waals surface area (Å²) >= 11 is 3.14. The number of anilines is 1. The van der Waals surface area contributed by atoms with Crippen LogP contribution in [-0.4, -0.2) is 20.7 Å². The van der Waals surface area contributed by atoms with Crippen molar-refractivity contribution in [3.63, 3.8) is 0 Å². The lowest BCUT2D eigenvalue weighted by Gasteiger charge is -2.04. The van der Waals surface area contributed by atoms with E-state index in [-0.39, 0.29) is 17.1 Å². The van der Waals surface area contributed by atoms with E-state index in [9.17, 15) is 9.18 Å². The topological polar surface area (TPSA) is 81.8 Å².